The minimum atomic E-state index is -0.542. The van der Waals surface area contributed by atoms with Gasteiger partial charge in [-0.05, 0) is 0 Å². The fourth-order valence-electron chi connectivity index (χ4n) is 1.50. The molecule has 0 aliphatic rings. The van der Waals surface area contributed by atoms with Crippen molar-refractivity contribution in [3.05, 3.63) is 36.2 Å². The normalized spacial score (nSPS) is 13.0. The van der Waals surface area contributed by atoms with E-state index in [0.29, 0.717) is 6.42 Å². The highest BCUT2D eigenvalue weighted by Crippen LogP contribution is 2.15. The first-order valence-corrected chi connectivity index (χ1v) is 4.79. The topological polar surface area (TPSA) is 55.9 Å². The molecule has 0 spiro atoms. The number of aliphatic hydroxyl groups excluding tert-OH is 1. The van der Waals surface area contributed by atoms with Crippen molar-refractivity contribution in [3.63, 3.8) is 0 Å². The number of aryl methyl sites for hydroxylation is 2. The van der Waals surface area contributed by atoms with Crippen LogP contribution in [0.1, 0.15) is 17.5 Å². The minimum absolute atomic E-state index is 0.509. The van der Waals surface area contributed by atoms with Gasteiger partial charge in [0.15, 0.2) is 0 Å². The molecule has 0 aliphatic carbocycles. The molecule has 1 unspecified atom stereocenters. The Labute approximate surface area is 88.0 Å². The summed E-state index contributed by atoms with van der Waals surface area (Å²) in [4.78, 5) is 4.16. The third-order valence-electron chi connectivity index (χ3n) is 2.41. The molecule has 2 aromatic heterocycles. The van der Waals surface area contributed by atoms with Gasteiger partial charge >= 0.3 is 0 Å². The van der Waals surface area contributed by atoms with E-state index in [0.717, 1.165) is 11.4 Å². The molecule has 0 aliphatic heterocycles. The standard InChI is InChI=1S/C10H14N4O/c1-13-4-3-11-10(13)5-9(15)8-6-12-14(2)7-8/h3-4,6-7,9,15H,5H2,1-2H3. The van der Waals surface area contributed by atoms with Gasteiger partial charge in [-0.15, -0.1) is 0 Å². The minimum Gasteiger partial charge on any atom is -0.388 e. The van der Waals surface area contributed by atoms with E-state index in [1.807, 2.05) is 31.1 Å². The maximum Gasteiger partial charge on any atom is 0.111 e. The first-order chi connectivity index (χ1) is 7.16. The van der Waals surface area contributed by atoms with E-state index in [2.05, 4.69) is 10.1 Å². The number of aromatic nitrogens is 4. The van der Waals surface area contributed by atoms with E-state index in [1.54, 1.807) is 17.1 Å². The number of aliphatic hydroxyl groups is 1. The Kier molecular flexibility index (Phi) is 2.55. The van der Waals surface area contributed by atoms with E-state index >= 15 is 0 Å². The molecule has 80 valence electrons. The molecule has 0 radical (unpaired) electrons. The van der Waals surface area contributed by atoms with Gasteiger partial charge in [-0.3, -0.25) is 4.68 Å². The van der Waals surface area contributed by atoms with Crippen LogP contribution in [0.5, 0.6) is 0 Å². The van der Waals surface area contributed by atoms with Crippen LogP contribution < -0.4 is 0 Å². The van der Waals surface area contributed by atoms with Crippen LogP contribution in [0.4, 0.5) is 0 Å². The maximum absolute atomic E-state index is 9.92. The third-order valence-corrected chi connectivity index (χ3v) is 2.41. The van der Waals surface area contributed by atoms with Crippen LogP contribution in [0.15, 0.2) is 24.8 Å². The van der Waals surface area contributed by atoms with Crippen molar-refractivity contribution in [2.45, 2.75) is 12.5 Å². The van der Waals surface area contributed by atoms with Crippen LogP contribution in [0.25, 0.3) is 0 Å². The van der Waals surface area contributed by atoms with Crippen LogP contribution >= 0.6 is 0 Å². The average Bonchev–Trinajstić information content (AvgIpc) is 2.77. The first kappa shape index (κ1) is 9.92. The molecule has 0 amide bonds. The zero-order chi connectivity index (χ0) is 10.8. The van der Waals surface area contributed by atoms with Gasteiger partial charge in [0.05, 0.1) is 12.3 Å². The van der Waals surface area contributed by atoms with E-state index in [4.69, 9.17) is 0 Å². The molecule has 2 rings (SSSR count). The summed E-state index contributed by atoms with van der Waals surface area (Å²) in [7, 11) is 3.75. The SMILES string of the molecule is Cn1cc(C(O)Cc2nccn2C)cn1. The second-order valence-electron chi connectivity index (χ2n) is 3.62. The molecule has 5 heteroatoms. The molecule has 0 saturated carbocycles. The van der Waals surface area contributed by atoms with Gasteiger partial charge in [0, 0.05) is 44.7 Å². The van der Waals surface area contributed by atoms with Gasteiger partial charge < -0.3 is 9.67 Å². The Morgan fingerprint density at radius 2 is 2.27 bits per heavy atom. The lowest BCUT2D eigenvalue weighted by Gasteiger charge is -2.07. The lowest BCUT2D eigenvalue weighted by molar-refractivity contribution is 0.175. The number of nitrogens with zero attached hydrogens (tertiary/aromatic N) is 4. The predicted octanol–water partition coefficient (Wildman–Crippen LogP) is 0.430. The van der Waals surface area contributed by atoms with E-state index in [9.17, 15) is 5.11 Å². The van der Waals surface area contributed by atoms with Crippen molar-refractivity contribution < 1.29 is 5.11 Å². The van der Waals surface area contributed by atoms with Crippen molar-refractivity contribution in [2.24, 2.45) is 14.1 Å². The van der Waals surface area contributed by atoms with Gasteiger partial charge in [-0.2, -0.15) is 5.10 Å². The van der Waals surface area contributed by atoms with E-state index in [1.165, 1.54) is 0 Å². The van der Waals surface area contributed by atoms with E-state index in [-0.39, 0.29) is 0 Å². The Bertz CT molecular complexity index is 446. The van der Waals surface area contributed by atoms with Crippen LogP contribution in [0, 0.1) is 0 Å². The molecule has 5 nitrogen and oxygen atoms in total. The molecule has 1 atom stereocenters. The van der Waals surface area contributed by atoms with Crippen LogP contribution in [0.2, 0.25) is 0 Å². The highest BCUT2D eigenvalue weighted by atomic mass is 16.3. The Morgan fingerprint density at radius 1 is 1.47 bits per heavy atom. The molecular formula is C10H14N4O. The average molecular weight is 206 g/mol. The van der Waals surface area contributed by atoms with Crippen LogP contribution in [-0.2, 0) is 20.5 Å². The largest absolute Gasteiger partial charge is 0.388 e. The number of imidazole rings is 1. The molecular weight excluding hydrogens is 192 g/mol. The van der Waals surface area contributed by atoms with Crippen LogP contribution in [-0.4, -0.2) is 24.4 Å². The number of rotatable bonds is 3. The monoisotopic (exact) mass is 206 g/mol. The number of hydrogen-bond acceptors (Lipinski definition) is 3. The molecule has 0 saturated heterocycles. The first-order valence-electron chi connectivity index (χ1n) is 4.79. The quantitative estimate of drug-likeness (QED) is 0.792. The molecule has 0 fully saturated rings. The molecule has 15 heavy (non-hydrogen) atoms. The molecule has 0 aromatic carbocycles. The van der Waals surface area contributed by atoms with Gasteiger partial charge in [0.1, 0.15) is 5.82 Å². The Hall–Kier alpha value is -1.62. The van der Waals surface area contributed by atoms with Gasteiger partial charge in [0.25, 0.3) is 0 Å². The maximum atomic E-state index is 9.92. The van der Waals surface area contributed by atoms with Crippen molar-refractivity contribution in [1.29, 1.82) is 0 Å². The van der Waals surface area contributed by atoms with Crippen molar-refractivity contribution in [1.82, 2.24) is 19.3 Å². The summed E-state index contributed by atoms with van der Waals surface area (Å²) in [6.07, 6.45) is 7.05. The predicted molar refractivity (Wildman–Crippen MR) is 55.1 cm³/mol. The summed E-state index contributed by atoms with van der Waals surface area (Å²) in [5.74, 6) is 0.867. The van der Waals surface area contributed by atoms with Gasteiger partial charge in [-0.25, -0.2) is 4.98 Å². The third kappa shape index (κ3) is 2.07. The zero-order valence-electron chi connectivity index (χ0n) is 8.83. The smallest absolute Gasteiger partial charge is 0.111 e. The van der Waals surface area contributed by atoms with Crippen molar-refractivity contribution in [2.75, 3.05) is 0 Å². The molecule has 2 aromatic rings. The van der Waals surface area contributed by atoms with Crippen LogP contribution in [0.3, 0.4) is 0 Å². The summed E-state index contributed by atoms with van der Waals surface area (Å²) < 4.78 is 3.58. The fourth-order valence-corrected chi connectivity index (χ4v) is 1.50. The van der Waals surface area contributed by atoms with Gasteiger partial charge in [-0.1, -0.05) is 0 Å². The Morgan fingerprint density at radius 3 is 2.80 bits per heavy atom. The van der Waals surface area contributed by atoms with E-state index < -0.39 is 6.10 Å². The lowest BCUT2D eigenvalue weighted by atomic mass is 10.1. The summed E-state index contributed by atoms with van der Waals surface area (Å²) in [6, 6.07) is 0. The molecule has 2 heterocycles. The second-order valence-corrected chi connectivity index (χ2v) is 3.62. The summed E-state index contributed by atoms with van der Waals surface area (Å²) in [5, 5.41) is 13.9. The fraction of sp³-hybridized carbons (Fsp3) is 0.400. The van der Waals surface area contributed by atoms with Crippen molar-refractivity contribution in [3.8, 4) is 0 Å². The Balaban J connectivity index is 2.10. The summed E-state index contributed by atoms with van der Waals surface area (Å²) >= 11 is 0. The van der Waals surface area contributed by atoms with Gasteiger partial charge in [0.2, 0.25) is 0 Å². The molecule has 0 bridgehead atoms. The highest BCUT2D eigenvalue weighted by Gasteiger charge is 2.12. The van der Waals surface area contributed by atoms with Crippen molar-refractivity contribution >= 4 is 0 Å². The number of hydrogen-bond donors (Lipinski definition) is 1. The summed E-state index contributed by atoms with van der Waals surface area (Å²) in [6.45, 7) is 0. The zero-order valence-corrected chi connectivity index (χ0v) is 8.83. The molecule has 1 N–H and O–H groups in total. The lowest BCUT2D eigenvalue weighted by Crippen LogP contribution is -2.06. The highest BCUT2D eigenvalue weighted by molar-refractivity contribution is 5.10. The summed E-state index contributed by atoms with van der Waals surface area (Å²) in [5.41, 5.74) is 0.820. The second kappa shape index (κ2) is 3.86.